The Morgan fingerprint density at radius 3 is 2.89 bits per heavy atom. The Kier molecular flexibility index (Phi) is 4.09. The molecule has 1 aromatic rings. The van der Waals surface area contributed by atoms with Gasteiger partial charge in [-0.2, -0.15) is 0 Å². The Hall–Kier alpha value is -1.69. The largest absolute Gasteiger partial charge is 0.497 e. The van der Waals surface area contributed by atoms with Gasteiger partial charge in [0.1, 0.15) is 16.9 Å². The molecule has 1 aliphatic rings. The Morgan fingerprint density at radius 2 is 2.28 bits per heavy atom. The first-order valence-electron chi connectivity index (χ1n) is 5.39. The minimum Gasteiger partial charge on any atom is -0.497 e. The molecule has 0 saturated heterocycles. The molecule has 96 valence electrons. The number of benzene rings is 1. The zero-order valence-corrected chi connectivity index (χ0v) is 11.0. The van der Waals surface area contributed by atoms with Gasteiger partial charge in [0.2, 0.25) is 0 Å². The van der Waals surface area contributed by atoms with Crippen LogP contribution in [0.15, 0.2) is 23.2 Å². The molecule has 0 spiro atoms. The lowest BCUT2D eigenvalue weighted by Gasteiger charge is -2.12. The van der Waals surface area contributed by atoms with Gasteiger partial charge in [0, 0.05) is 12.3 Å². The van der Waals surface area contributed by atoms with Crippen LogP contribution in [0.2, 0.25) is 0 Å². The highest BCUT2D eigenvalue weighted by atomic mass is 32.2. The van der Waals surface area contributed by atoms with Crippen molar-refractivity contribution in [2.45, 2.75) is 5.37 Å². The molecule has 1 atom stereocenters. The van der Waals surface area contributed by atoms with Crippen LogP contribution in [0.25, 0.3) is 0 Å². The number of hydrogen-bond acceptors (Lipinski definition) is 5. The van der Waals surface area contributed by atoms with Crippen LogP contribution in [-0.4, -0.2) is 37.6 Å². The Bertz CT molecular complexity index is 476. The van der Waals surface area contributed by atoms with Crippen molar-refractivity contribution in [2.24, 2.45) is 4.99 Å². The fourth-order valence-electron chi connectivity index (χ4n) is 1.58. The third-order valence-electron chi connectivity index (χ3n) is 2.50. The van der Waals surface area contributed by atoms with Gasteiger partial charge in [-0.3, -0.25) is 9.79 Å². The van der Waals surface area contributed by atoms with Gasteiger partial charge in [-0.1, -0.05) is 0 Å². The summed E-state index contributed by atoms with van der Waals surface area (Å²) in [6.07, 6.45) is 1.73. The maximum atomic E-state index is 12.1. The second-order valence-electron chi connectivity index (χ2n) is 3.59. The average molecular weight is 266 g/mol. The molecule has 0 aliphatic carbocycles. The third-order valence-corrected chi connectivity index (χ3v) is 3.39. The summed E-state index contributed by atoms with van der Waals surface area (Å²) in [6, 6.07) is 5.10. The first-order valence-corrected chi connectivity index (χ1v) is 6.44. The molecule has 1 aliphatic heterocycles. The quantitative estimate of drug-likeness (QED) is 0.898. The van der Waals surface area contributed by atoms with Crippen molar-refractivity contribution in [3.05, 3.63) is 23.8 Å². The van der Waals surface area contributed by atoms with Crippen LogP contribution >= 0.6 is 11.8 Å². The van der Waals surface area contributed by atoms with E-state index in [0.717, 1.165) is 0 Å². The van der Waals surface area contributed by atoms with Crippen molar-refractivity contribution >= 4 is 23.9 Å². The van der Waals surface area contributed by atoms with E-state index in [0.29, 0.717) is 22.9 Å². The molecular formula is C12H14N2O3S. The molecule has 0 aromatic heterocycles. The van der Waals surface area contributed by atoms with Gasteiger partial charge in [0.05, 0.1) is 25.7 Å². The summed E-state index contributed by atoms with van der Waals surface area (Å²) < 4.78 is 10.3. The van der Waals surface area contributed by atoms with Crippen LogP contribution in [0.5, 0.6) is 11.5 Å². The number of ether oxygens (including phenoxy) is 2. The van der Waals surface area contributed by atoms with E-state index in [9.17, 15) is 4.79 Å². The SMILES string of the molecule is COc1ccc(C(=O)NC2C=NCS2)c(OC)c1. The van der Waals surface area contributed by atoms with Crippen LogP contribution < -0.4 is 14.8 Å². The highest BCUT2D eigenvalue weighted by molar-refractivity contribution is 8.00. The first kappa shape index (κ1) is 12.8. The lowest BCUT2D eigenvalue weighted by Crippen LogP contribution is -2.32. The number of nitrogens with one attached hydrogen (secondary N) is 1. The molecule has 1 unspecified atom stereocenters. The fourth-order valence-corrected chi connectivity index (χ4v) is 2.27. The highest BCUT2D eigenvalue weighted by Crippen LogP contribution is 2.25. The normalized spacial score (nSPS) is 17.6. The van der Waals surface area contributed by atoms with E-state index in [-0.39, 0.29) is 11.3 Å². The van der Waals surface area contributed by atoms with Gasteiger partial charge in [-0.25, -0.2) is 0 Å². The second-order valence-corrected chi connectivity index (χ2v) is 4.69. The lowest BCUT2D eigenvalue weighted by atomic mass is 10.1. The Morgan fingerprint density at radius 1 is 1.44 bits per heavy atom. The van der Waals surface area contributed by atoms with Crippen LogP contribution in [-0.2, 0) is 0 Å². The van der Waals surface area contributed by atoms with Crippen molar-refractivity contribution in [1.82, 2.24) is 5.32 Å². The zero-order chi connectivity index (χ0) is 13.0. The number of aliphatic imine (C=N–C) groups is 1. The number of amides is 1. The molecular weight excluding hydrogens is 252 g/mol. The van der Waals surface area contributed by atoms with Crippen molar-refractivity contribution in [2.75, 3.05) is 20.1 Å². The smallest absolute Gasteiger partial charge is 0.256 e. The minimum absolute atomic E-state index is 0.0655. The van der Waals surface area contributed by atoms with E-state index in [4.69, 9.17) is 9.47 Å². The number of hydrogen-bond donors (Lipinski definition) is 1. The molecule has 0 fully saturated rings. The summed E-state index contributed by atoms with van der Waals surface area (Å²) in [5.41, 5.74) is 0.485. The topological polar surface area (TPSA) is 59.9 Å². The number of carbonyl (C=O) groups is 1. The monoisotopic (exact) mass is 266 g/mol. The summed E-state index contributed by atoms with van der Waals surface area (Å²) in [6.45, 7) is 0. The standard InChI is InChI=1S/C12H14N2O3S/c1-16-8-3-4-9(10(5-8)17-2)12(15)14-11-6-13-7-18-11/h3-6,11H,7H2,1-2H3,(H,14,15). The van der Waals surface area contributed by atoms with Crippen molar-refractivity contribution < 1.29 is 14.3 Å². The molecule has 0 bridgehead atoms. The van der Waals surface area contributed by atoms with E-state index in [1.165, 1.54) is 7.11 Å². The highest BCUT2D eigenvalue weighted by Gasteiger charge is 2.18. The van der Waals surface area contributed by atoms with E-state index < -0.39 is 0 Å². The first-order chi connectivity index (χ1) is 8.74. The van der Waals surface area contributed by atoms with Crippen molar-refractivity contribution in [1.29, 1.82) is 0 Å². The molecule has 1 aromatic carbocycles. The van der Waals surface area contributed by atoms with Crippen LogP contribution in [0, 0.1) is 0 Å². The van der Waals surface area contributed by atoms with Crippen LogP contribution in [0.1, 0.15) is 10.4 Å². The van der Waals surface area contributed by atoms with Gasteiger partial charge in [-0.05, 0) is 12.1 Å². The summed E-state index contributed by atoms with van der Waals surface area (Å²) in [5, 5.41) is 2.80. The maximum Gasteiger partial charge on any atom is 0.256 e. The van der Waals surface area contributed by atoms with Gasteiger partial charge >= 0.3 is 0 Å². The fraction of sp³-hybridized carbons (Fsp3) is 0.333. The van der Waals surface area contributed by atoms with E-state index in [1.807, 2.05) is 0 Å². The van der Waals surface area contributed by atoms with Gasteiger partial charge < -0.3 is 14.8 Å². The van der Waals surface area contributed by atoms with Crippen LogP contribution in [0.4, 0.5) is 0 Å². The summed E-state index contributed by atoms with van der Waals surface area (Å²) >= 11 is 1.57. The zero-order valence-electron chi connectivity index (χ0n) is 10.2. The van der Waals surface area contributed by atoms with Crippen LogP contribution in [0.3, 0.4) is 0 Å². The molecule has 0 saturated carbocycles. The van der Waals surface area contributed by atoms with Gasteiger partial charge in [0.15, 0.2) is 0 Å². The van der Waals surface area contributed by atoms with Gasteiger partial charge in [-0.15, -0.1) is 11.8 Å². The predicted octanol–water partition coefficient (Wildman–Crippen LogP) is 1.53. The number of thioether (sulfide) groups is 1. The van der Waals surface area contributed by atoms with E-state index in [2.05, 4.69) is 10.3 Å². The summed E-state index contributed by atoms with van der Waals surface area (Å²) in [7, 11) is 3.09. The molecule has 6 heteroatoms. The summed E-state index contributed by atoms with van der Waals surface area (Å²) in [5.74, 6) is 1.65. The molecule has 1 heterocycles. The van der Waals surface area contributed by atoms with E-state index >= 15 is 0 Å². The van der Waals surface area contributed by atoms with E-state index in [1.54, 1.807) is 43.3 Å². The second kappa shape index (κ2) is 5.77. The number of carbonyl (C=O) groups excluding carboxylic acids is 1. The van der Waals surface area contributed by atoms with Gasteiger partial charge in [0.25, 0.3) is 5.91 Å². The molecule has 1 N–H and O–H groups in total. The maximum absolute atomic E-state index is 12.1. The minimum atomic E-state index is -0.180. The predicted molar refractivity (Wildman–Crippen MR) is 71.8 cm³/mol. The number of methoxy groups -OCH3 is 2. The third kappa shape index (κ3) is 2.76. The average Bonchev–Trinajstić information content (AvgIpc) is 2.90. The lowest BCUT2D eigenvalue weighted by molar-refractivity contribution is 0.0953. The number of nitrogens with zero attached hydrogens (tertiary/aromatic N) is 1. The molecule has 2 rings (SSSR count). The number of rotatable bonds is 4. The summed E-state index contributed by atoms with van der Waals surface area (Å²) in [4.78, 5) is 16.1. The molecule has 0 radical (unpaired) electrons. The molecule has 5 nitrogen and oxygen atoms in total. The van der Waals surface area contributed by atoms with Crippen molar-refractivity contribution in [3.63, 3.8) is 0 Å². The Balaban J connectivity index is 2.15. The molecule has 1 amide bonds. The Labute approximate surface area is 110 Å². The molecule has 18 heavy (non-hydrogen) atoms. The van der Waals surface area contributed by atoms with Crippen molar-refractivity contribution in [3.8, 4) is 11.5 Å².